The van der Waals surface area contributed by atoms with E-state index in [1.807, 2.05) is 0 Å². The third-order valence-corrected chi connectivity index (χ3v) is 4.86. The average molecular weight is 377 g/mol. The summed E-state index contributed by atoms with van der Waals surface area (Å²) in [4.78, 5) is 49.8. The molecule has 10 heteroatoms. The molecular weight excluding hydrogens is 362 g/mol. The molecule has 2 aliphatic rings. The first-order valence-electron chi connectivity index (χ1n) is 7.81. The van der Waals surface area contributed by atoms with Crippen molar-refractivity contribution in [3.63, 3.8) is 0 Å². The molecule has 0 radical (unpaired) electrons. The van der Waals surface area contributed by atoms with Crippen LogP contribution in [0.1, 0.15) is 5.56 Å². The molecular formula is C16H15N3O6S. The normalized spacial score (nSPS) is 19.3. The molecule has 9 nitrogen and oxygen atoms in total. The molecule has 3 amide bonds. The van der Waals surface area contributed by atoms with E-state index in [9.17, 15) is 24.5 Å². The predicted octanol–water partition coefficient (Wildman–Crippen LogP) is 1.49. The van der Waals surface area contributed by atoms with Gasteiger partial charge in [0.1, 0.15) is 6.54 Å². The van der Waals surface area contributed by atoms with Crippen LogP contribution in [0.15, 0.2) is 29.2 Å². The molecule has 1 aromatic carbocycles. The van der Waals surface area contributed by atoms with Crippen LogP contribution in [-0.2, 0) is 14.3 Å². The highest BCUT2D eigenvalue weighted by Gasteiger charge is 2.37. The minimum Gasteiger partial charge on any atom is -0.378 e. The van der Waals surface area contributed by atoms with Crippen molar-refractivity contribution >= 4 is 40.6 Å². The lowest BCUT2D eigenvalue weighted by atomic mass is 10.1. The molecule has 0 saturated carbocycles. The molecule has 0 atom stereocenters. The molecule has 0 unspecified atom stereocenters. The Morgan fingerprint density at radius 1 is 1.27 bits per heavy atom. The van der Waals surface area contributed by atoms with Gasteiger partial charge in [0.2, 0.25) is 5.91 Å². The molecule has 0 aliphatic carbocycles. The summed E-state index contributed by atoms with van der Waals surface area (Å²) in [6.45, 7) is 1.33. The molecule has 1 aromatic rings. The fraction of sp³-hybridized carbons (Fsp3) is 0.312. The first-order valence-corrected chi connectivity index (χ1v) is 8.63. The van der Waals surface area contributed by atoms with Gasteiger partial charge in [0.05, 0.1) is 28.6 Å². The fourth-order valence-corrected chi connectivity index (χ4v) is 3.43. The number of hydrogen-bond donors (Lipinski definition) is 0. The number of para-hydroxylation sites is 1. The number of carbonyl (C=O) groups is 3. The highest BCUT2D eigenvalue weighted by Crippen LogP contribution is 2.33. The van der Waals surface area contributed by atoms with Crippen molar-refractivity contribution in [2.75, 3.05) is 32.8 Å². The maximum atomic E-state index is 12.5. The number of nitrogens with zero attached hydrogens (tertiary/aromatic N) is 3. The molecule has 3 rings (SSSR count). The van der Waals surface area contributed by atoms with E-state index in [1.165, 1.54) is 24.3 Å². The minimum absolute atomic E-state index is 0.0547. The van der Waals surface area contributed by atoms with E-state index in [1.54, 1.807) is 11.0 Å². The van der Waals surface area contributed by atoms with Crippen molar-refractivity contribution in [1.82, 2.24) is 9.80 Å². The molecule has 2 aliphatic heterocycles. The second kappa shape index (κ2) is 7.67. The van der Waals surface area contributed by atoms with E-state index >= 15 is 0 Å². The third-order valence-electron chi connectivity index (χ3n) is 3.95. The van der Waals surface area contributed by atoms with Crippen LogP contribution in [0.5, 0.6) is 0 Å². The van der Waals surface area contributed by atoms with Crippen LogP contribution in [0.25, 0.3) is 6.08 Å². The molecule has 0 bridgehead atoms. The number of benzene rings is 1. The Labute approximate surface area is 152 Å². The van der Waals surface area contributed by atoms with Gasteiger partial charge in [-0.3, -0.25) is 29.4 Å². The van der Waals surface area contributed by atoms with Crippen LogP contribution in [0.2, 0.25) is 0 Å². The SMILES string of the molecule is O=C(CN1C(=O)S/C(=C/c2ccccc2[N+](=O)[O-])C1=O)N1CCOCC1. The summed E-state index contributed by atoms with van der Waals surface area (Å²) in [6, 6.07) is 5.93. The van der Waals surface area contributed by atoms with Crippen molar-refractivity contribution in [1.29, 1.82) is 0 Å². The number of imide groups is 1. The van der Waals surface area contributed by atoms with Crippen LogP contribution in [0, 0.1) is 10.1 Å². The number of carbonyl (C=O) groups excluding carboxylic acids is 3. The number of morpholine rings is 1. The van der Waals surface area contributed by atoms with Gasteiger partial charge in [-0.2, -0.15) is 0 Å². The second-order valence-corrected chi connectivity index (χ2v) is 6.57. The Morgan fingerprint density at radius 3 is 2.65 bits per heavy atom. The topological polar surface area (TPSA) is 110 Å². The van der Waals surface area contributed by atoms with Gasteiger partial charge in [-0.1, -0.05) is 12.1 Å². The van der Waals surface area contributed by atoms with Gasteiger partial charge in [-0.15, -0.1) is 0 Å². The van der Waals surface area contributed by atoms with Crippen LogP contribution in [-0.4, -0.2) is 64.6 Å². The van der Waals surface area contributed by atoms with Crippen molar-refractivity contribution in [3.05, 3.63) is 44.8 Å². The summed E-state index contributed by atoms with van der Waals surface area (Å²) >= 11 is 0.666. The standard InChI is InChI=1S/C16H15N3O6S/c20-14(17-5-7-25-8-6-17)10-18-15(21)13(26-16(18)22)9-11-3-1-2-4-12(11)19(23)24/h1-4,9H,5-8,10H2/b13-9+. The summed E-state index contributed by atoms with van der Waals surface area (Å²) in [5.74, 6) is -0.956. The maximum Gasteiger partial charge on any atom is 0.294 e. The number of ether oxygens (including phenoxy) is 1. The molecule has 2 heterocycles. The molecule has 136 valence electrons. The smallest absolute Gasteiger partial charge is 0.294 e. The Bertz CT molecular complexity index is 803. The van der Waals surface area contributed by atoms with Crippen molar-refractivity contribution in [3.8, 4) is 0 Å². The van der Waals surface area contributed by atoms with E-state index in [0.717, 1.165) is 4.90 Å². The molecule has 0 spiro atoms. The summed E-state index contributed by atoms with van der Waals surface area (Å²) in [5, 5.41) is 10.5. The maximum absolute atomic E-state index is 12.5. The first-order chi connectivity index (χ1) is 12.5. The zero-order chi connectivity index (χ0) is 18.7. The lowest BCUT2D eigenvalue weighted by molar-refractivity contribution is -0.385. The van der Waals surface area contributed by atoms with Gasteiger partial charge in [0.25, 0.3) is 16.8 Å². The molecule has 0 aromatic heterocycles. The van der Waals surface area contributed by atoms with Gasteiger partial charge in [0.15, 0.2) is 0 Å². The van der Waals surface area contributed by atoms with Gasteiger partial charge in [0, 0.05) is 19.2 Å². The Hall–Kier alpha value is -2.72. The monoisotopic (exact) mass is 377 g/mol. The van der Waals surface area contributed by atoms with E-state index in [2.05, 4.69) is 0 Å². The van der Waals surface area contributed by atoms with Crippen LogP contribution in [0.3, 0.4) is 0 Å². The summed E-state index contributed by atoms with van der Waals surface area (Å²) < 4.78 is 5.17. The molecule has 2 fully saturated rings. The van der Waals surface area contributed by atoms with Gasteiger partial charge in [-0.05, 0) is 23.9 Å². The number of nitro groups is 1. The highest BCUT2D eigenvalue weighted by atomic mass is 32.2. The van der Waals surface area contributed by atoms with E-state index in [0.29, 0.717) is 38.1 Å². The number of amides is 3. The number of rotatable bonds is 4. The van der Waals surface area contributed by atoms with Crippen LogP contribution >= 0.6 is 11.8 Å². The summed E-state index contributed by atoms with van der Waals surface area (Å²) in [6.07, 6.45) is 1.31. The third kappa shape index (κ3) is 3.75. The number of nitro benzene ring substituents is 1. The Balaban J connectivity index is 1.76. The van der Waals surface area contributed by atoms with E-state index in [4.69, 9.17) is 4.74 Å². The Morgan fingerprint density at radius 2 is 1.96 bits per heavy atom. The summed E-state index contributed by atoms with van der Waals surface area (Å²) in [5.41, 5.74) is 0.0613. The number of thioether (sulfide) groups is 1. The highest BCUT2D eigenvalue weighted by molar-refractivity contribution is 8.18. The molecule has 26 heavy (non-hydrogen) atoms. The lowest BCUT2D eigenvalue weighted by Gasteiger charge is -2.28. The van der Waals surface area contributed by atoms with Crippen molar-refractivity contribution in [2.24, 2.45) is 0 Å². The van der Waals surface area contributed by atoms with Crippen LogP contribution < -0.4 is 0 Å². The van der Waals surface area contributed by atoms with Crippen molar-refractivity contribution in [2.45, 2.75) is 0 Å². The molecule has 2 saturated heterocycles. The van der Waals surface area contributed by atoms with Gasteiger partial charge >= 0.3 is 0 Å². The lowest BCUT2D eigenvalue weighted by Crippen LogP contribution is -2.46. The zero-order valence-electron chi connectivity index (χ0n) is 13.6. The Kier molecular flexibility index (Phi) is 5.33. The van der Waals surface area contributed by atoms with Crippen LogP contribution in [0.4, 0.5) is 10.5 Å². The van der Waals surface area contributed by atoms with E-state index < -0.39 is 16.1 Å². The van der Waals surface area contributed by atoms with Gasteiger partial charge < -0.3 is 9.64 Å². The first kappa shape index (κ1) is 18.1. The fourth-order valence-electron chi connectivity index (χ4n) is 2.60. The largest absolute Gasteiger partial charge is 0.378 e. The minimum atomic E-state index is -0.625. The van der Waals surface area contributed by atoms with Crippen molar-refractivity contribution < 1.29 is 24.0 Å². The quantitative estimate of drug-likeness (QED) is 0.444. The summed E-state index contributed by atoms with van der Waals surface area (Å²) in [7, 11) is 0. The second-order valence-electron chi connectivity index (χ2n) is 5.58. The molecule has 0 N–H and O–H groups in total. The predicted molar refractivity (Wildman–Crippen MR) is 93.2 cm³/mol. The average Bonchev–Trinajstić information content (AvgIpc) is 2.90. The number of hydrogen-bond acceptors (Lipinski definition) is 7. The zero-order valence-corrected chi connectivity index (χ0v) is 14.4. The van der Waals surface area contributed by atoms with E-state index in [-0.39, 0.29) is 28.6 Å². The van der Waals surface area contributed by atoms with Gasteiger partial charge in [-0.25, -0.2) is 0 Å².